The Morgan fingerprint density at radius 2 is 1.68 bits per heavy atom. The Hall–Kier alpha value is -2.89. The predicted octanol–water partition coefficient (Wildman–Crippen LogP) is 3.66. The van der Waals surface area contributed by atoms with Gasteiger partial charge in [0, 0.05) is 24.6 Å². The second kappa shape index (κ2) is 7.34. The van der Waals surface area contributed by atoms with Crippen molar-refractivity contribution in [1.82, 2.24) is 4.90 Å². The van der Waals surface area contributed by atoms with Crippen LogP contribution in [0.25, 0.3) is 0 Å². The minimum absolute atomic E-state index is 0.0224. The van der Waals surface area contributed by atoms with Crippen LogP contribution in [-0.2, 0) is 0 Å². The van der Waals surface area contributed by atoms with Crippen LogP contribution in [0.4, 0.5) is 14.9 Å². The first kappa shape index (κ1) is 17.0. The lowest BCUT2D eigenvalue weighted by Gasteiger charge is -2.31. The summed E-state index contributed by atoms with van der Waals surface area (Å²) in [5.74, 6) is -0.486. The summed E-state index contributed by atoms with van der Waals surface area (Å²) in [6.45, 7) is 0.879. The molecule has 2 N–H and O–H groups in total. The highest BCUT2D eigenvalue weighted by molar-refractivity contribution is 5.98. The van der Waals surface area contributed by atoms with Crippen LogP contribution >= 0.6 is 0 Å². The molecule has 0 saturated carbocycles. The first-order valence-electron chi connectivity index (χ1n) is 8.18. The number of hydrogen-bond acceptors (Lipinski definition) is 3. The average Bonchev–Trinajstić information content (AvgIpc) is 2.64. The van der Waals surface area contributed by atoms with E-state index in [1.165, 1.54) is 24.3 Å². The average molecular weight is 342 g/mol. The van der Waals surface area contributed by atoms with Crippen LogP contribution in [0.3, 0.4) is 0 Å². The summed E-state index contributed by atoms with van der Waals surface area (Å²) in [5.41, 5.74) is 0.710. The van der Waals surface area contributed by atoms with E-state index >= 15 is 0 Å². The highest BCUT2D eigenvalue weighted by Gasteiger charge is 2.28. The molecule has 0 spiro atoms. The molecule has 0 atom stereocenters. The first-order valence-corrected chi connectivity index (χ1v) is 8.18. The summed E-state index contributed by atoms with van der Waals surface area (Å²) < 4.78 is 13.6. The van der Waals surface area contributed by atoms with Gasteiger partial charge >= 0.3 is 6.03 Å². The molecule has 5 nitrogen and oxygen atoms in total. The Labute approximate surface area is 145 Å². The Morgan fingerprint density at radius 3 is 2.32 bits per heavy atom. The Balaban J connectivity index is 1.56. The summed E-state index contributed by atoms with van der Waals surface area (Å²) >= 11 is 0. The maximum absolute atomic E-state index is 13.6. The van der Waals surface area contributed by atoms with Crippen LogP contribution in [-0.4, -0.2) is 34.9 Å². The third-order valence-corrected chi connectivity index (χ3v) is 4.42. The number of para-hydroxylation sites is 1. The molecule has 1 heterocycles. The van der Waals surface area contributed by atoms with E-state index in [2.05, 4.69) is 5.32 Å². The number of ketones is 1. The van der Waals surface area contributed by atoms with E-state index in [9.17, 15) is 19.1 Å². The number of urea groups is 1. The van der Waals surface area contributed by atoms with Crippen molar-refractivity contribution in [3.8, 4) is 5.75 Å². The molecule has 3 rings (SSSR count). The zero-order valence-corrected chi connectivity index (χ0v) is 13.6. The SMILES string of the molecule is O=C(c1ccc(O)cc1)C1CCN(C(=O)Nc2ccccc2F)CC1. The van der Waals surface area contributed by atoms with Crippen molar-refractivity contribution >= 4 is 17.5 Å². The monoisotopic (exact) mass is 342 g/mol. The molecule has 6 heteroatoms. The molecule has 1 fully saturated rings. The lowest BCUT2D eigenvalue weighted by atomic mass is 9.89. The topological polar surface area (TPSA) is 69.6 Å². The number of amides is 2. The van der Waals surface area contributed by atoms with Crippen LogP contribution in [0.2, 0.25) is 0 Å². The molecule has 0 unspecified atom stereocenters. The molecule has 2 amide bonds. The van der Waals surface area contributed by atoms with Gasteiger partial charge in [-0.3, -0.25) is 4.79 Å². The molecule has 25 heavy (non-hydrogen) atoms. The van der Waals surface area contributed by atoms with E-state index in [0.29, 0.717) is 31.5 Å². The van der Waals surface area contributed by atoms with Crippen molar-refractivity contribution in [1.29, 1.82) is 0 Å². The van der Waals surface area contributed by atoms with Gasteiger partial charge < -0.3 is 15.3 Å². The van der Waals surface area contributed by atoms with Crippen molar-refractivity contribution in [2.75, 3.05) is 18.4 Å². The largest absolute Gasteiger partial charge is 0.508 e. The number of hydrogen-bond donors (Lipinski definition) is 2. The number of carbonyl (C=O) groups is 2. The molecule has 130 valence electrons. The van der Waals surface area contributed by atoms with Gasteiger partial charge in [0.25, 0.3) is 0 Å². The van der Waals surface area contributed by atoms with Gasteiger partial charge in [-0.15, -0.1) is 0 Å². The predicted molar refractivity (Wildman–Crippen MR) is 92.2 cm³/mol. The zero-order chi connectivity index (χ0) is 17.8. The number of nitrogens with zero attached hydrogens (tertiary/aromatic N) is 1. The molecule has 1 saturated heterocycles. The summed E-state index contributed by atoms with van der Waals surface area (Å²) in [5, 5.41) is 11.9. The number of phenols is 1. The fraction of sp³-hybridized carbons (Fsp3) is 0.263. The smallest absolute Gasteiger partial charge is 0.321 e. The Bertz CT molecular complexity index is 768. The number of halogens is 1. The summed E-state index contributed by atoms with van der Waals surface area (Å²) in [6.07, 6.45) is 1.12. The van der Waals surface area contributed by atoms with Crippen molar-refractivity contribution < 1.29 is 19.1 Å². The second-order valence-corrected chi connectivity index (χ2v) is 6.08. The summed E-state index contributed by atoms with van der Waals surface area (Å²) in [4.78, 5) is 26.3. The van der Waals surface area contributed by atoms with Gasteiger partial charge in [0.15, 0.2) is 5.78 Å². The van der Waals surface area contributed by atoms with E-state index in [1.807, 2.05) is 0 Å². The number of aromatic hydroxyl groups is 1. The van der Waals surface area contributed by atoms with E-state index in [4.69, 9.17) is 0 Å². The van der Waals surface area contributed by atoms with Crippen molar-refractivity contribution in [3.05, 3.63) is 59.9 Å². The number of nitrogens with one attached hydrogen (secondary N) is 1. The van der Waals surface area contributed by atoms with E-state index in [0.717, 1.165) is 0 Å². The number of piperidine rings is 1. The second-order valence-electron chi connectivity index (χ2n) is 6.08. The van der Waals surface area contributed by atoms with E-state index in [1.54, 1.807) is 29.2 Å². The fourth-order valence-corrected chi connectivity index (χ4v) is 2.96. The highest BCUT2D eigenvalue weighted by Crippen LogP contribution is 2.23. The lowest BCUT2D eigenvalue weighted by Crippen LogP contribution is -2.42. The summed E-state index contributed by atoms with van der Waals surface area (Å²) in [6, 6.07) is 11.8. The molecular formula is C19H19FN2O3. The third kappa shape index (κ3) is 3.96. The molecule has 1 aliphatic rings. The van der Waals surface area contributed by atoms with Gasteiger partial charge in [-0.1, -0.05) is 12.1 Å². The van der Waals surface area contributed by atoms with Gasteiger partial charge in [-0.25, -0.2) is 9.18 Å². The fourth-order valence-electron chi connectivity index (χ4n) is 2.96. The summed E-state index contributed by atoms with van der Waals surface area (Å²) in [7, 11) is 0. The van der Waals surface area contributed by atoms with Gasteiger partial charge in [0.2, 0.25) is 0 Å². The minimum Gasteiger partial charge on any atom is -0.508 e. The number of likely N-dealkylation sites (tertiary alicyclic amines) is 1. The minimum atomic E-state index is -0.478. The number of carbonyl (C=O) groups excluding carboxylic acids is 2. The van der Waals surface area contributed by atoms with Crippen molar-refractivity contribution in [2.45, 2.75) is 12.8 Å². The number of rotatable bonds is 3. The maximum Gasteiger partial charge on any atom is 0.321 e. The van der Waals surface area contributed by atoms with Gasteiger partial charge in [-0.2, -0.15) is 0 Å². The molecule has 1 aliphatic heterocycles. The Morgan fingerprint density at radius 1 is 1.04 bits per heavy atom. The third-order valence-electron chi connectivity index (χ3n) is 4.42. The van der Waals surface area contributed by atoms with E-state index in [-0.39, 0.29) is 29.2 Å². The Kier molecular flexibility index (Phi) is 4.97. The van der Waals surface area contributed by atoms with Crippen LogP contribution < -0.4 is 5.32 Å². The van der Waals surface area contributed by atoms with Crippen LogP contribution in [0.15, 0.2) is 48.5 Å². The number of anilines is 1. The molecule has 0 aromatic heterocycles. The van der Waals surface area contributed by atoms with Gasteiger partial charge in [0.05, 0.1) is 5.69 Å². The van der Waals surface area contributed by atoms with Crippen molar-refractivity contribution in [2.24, 2.45) is 5.92 Å². The molecule has 2 aromatic rings. The van der Waals surface area contributed by atoms with Gasteiger partial charge in [-0.05, 0) is 49.2 Å². The van der Waals surface area contributed by atoms with Gasteiger partial charge in [0.1, 0.15) is 11.6 Å². The normalized spacial score (nSPS) is 15.0. The molecule has 0 radical (unpaired) electrons. The molecule has 2 aromatic carbocycles. The van der Waals surface area contributed by atoms with E-state index < -0.39 is 5.82 Å². The molecule has 0 aliphatic carbocycles. The molecular weight excluding hydrogens is 323 g/mol. The maximum atomic E-state index is 13.6. The zero-order valence-electron chi connectivity index (χ0n) is 13.6. The van der Waals surface area contributed by atoms with Crippen molar-refractivity contribution in [3.63, 3.8) is 0 Å². The van der Waals surface area contributed by atoms with Crippen LogP contribution in [0, 0.1) is 11.7 Å². The molecule has 0 bridgehead atoms. The quantitative estimate of drug-likeness (QED) is 0.837. The number of phenolic OH excluding ortho intramolecular Hbond substituents is 1. The highest BCUT2D eigenvalue weighted by atomic mass is 19.1. The van der Waals surface area contributed by atoms with Crippen LogP contribution in [0.1, 0.15) is 23.2 Å². The van der Waals surface area contributed by atoms with Crippen LogP contribution in [0.5, 0.6) is 5.75 Å². The number of benzene rings is 2. The first-order chi connectivity index (χ1) is 12.0. The lowest BCUT2D eigenvalue weighted by molar-refractivity contribution is 0.0859. The number of Topliss-reactive ketones (excluding diaryl/α,β-unsaturated/α-hetero) is 1. The standard InChI is InChI=1S/C19H19FN2O3/c20-16-3-1-2-4-17(16)21-19(25)22-11-9-14(10-12-22)18(24)13-5-7-15(23)8-6-13/h1-8,14,23H,9-12H2,(H,21,25).